The molecular formula is C47H55N3O15. The Hall–Kier alpha value is -6.50. The first-order valence-corrected chi connectivity index (χ1v) is 21.1. The number of carbonyl (C=O) groups excluding carboxylic acids is 3. The molecule has 0 unspecified atom stereocenters. The smallest absolute Gasteiger partial charge is 0.307 e. The molecule has 0 aliphatic carbocycles. The topological polar surface area (TPSA) is 263 Å². The van der Waals surface area contributed by atoms with E-state index in [0.717, 1.165) is 6.07 Å². The summed E-state index contributed by atoms with van der Waals surface area (Å²) in [6, 6.07) is 2.51. The summed E-state index contributed by atoms with van der Waals surface area (Å²) >= 11 is 0. The molecule has 3 heterocycles. The second-order valence-corrected chi connectivity index (χ2v) is 16.8. The van der Waals surface area contributed by atoms with Crippen molar-refractivity contribution >= 4 is 62.2 Å². The van der Waals surface area contributed by atoms with Crippen molar-refractivity contribution in [2.24, 2.45) is 23.7 Å². The number of amides is 2. The number of aliphatic hydroxyl groups is 3. The van der Waals surface area contributed by atoms with Gasteiger partial charge in [0.15, 0.2) is 22.4 Å². The summed E-state index contributed by atoms with van der Waals surface area (Å²) in [4.78, 5) is 70.7. The number of fused-ring (bicyclic) bond motifs is 2. The van der Waals surface area contributed by atoms with Crippen LogP contribution in [0.1, 0.15) is 61.0 Å². The number of hydrogen-bond donors (Lipinski definition) is 6. The number of aromatic hydroxyl groups is 1. The zero-order chi connectivity index (χ0) is 47.8. The van der Waals surface area contributed by atoms with Crippen molar-refractivity contribution in [3.8, 4) is 17.2 Å². The van der Waals surface area contributed by atoms with E-state index in [-0.39, 0.29) is 79.9 Å². The van der Waals surface area contributed by atoms with E-state index in [2.05, 4.69) is 15.6 Å². The van der Waals surface area contributed by atoms with Crippen LogP contribution in [-0.4, -0.2) is 93.7 Å². The molecule has 6 N–H and O–H groups in total. The van der Waals surface area contributed by atoms with Gasteiger partial charge < -0.3 is 59.2 Å². The first-order valence-electron chi connectivity index (χ1n) is 21.1. The number of methoxy groups -OCH3 is 1. The number of phenols is 1. The van der Waals surface area contributed by atoms with Crippen LogP contribution in [0.25, 0.3) is 38.7 Å². The number of ether oxygens (including phenoxy) is 5. The van der Waals surface area contributed by atoms with E-state index in [1.54, 1.807) is 39.8 Å². The molecule has 2 amide bonds. The molecule has 6 rings (SSSR count). The van der Waals surface area contributed by atoms with Gasteiger partial charge in [0.1, 0.15) is 41.2 Å². The van der Waals surface area contributed by atoms with Gasteiger partial charge in [-0.2, -0.15) is 0 Å². The summed E-state index contributed by atoms with van der Waals surface area (Å²) in [5.41, 5.74) is -2.86. The van der Waals surface area contributed by atoms with Crippen LogP contribution in [0.4, 0.5) is 5.69 Å². The van der Waals surface area contributed by atoms with Crippen molar-refractivity contribution in [2.75, 3.05) is 25.6 Å². The fraction of sp³-hybridized carbons (Fsp3) is 0.447. The predicted octanol–water partition coefficient (Wildman–Crippen LogP) is 4.08. The average molecular weight is 902 g/mol. The third-order valence-corrected chi connectivity index (χ3v) is 12.2. The molecular weight excluding hydrogens is 847 g/mol. The second kappa shape index (κ2) is 18.9. The maximum Gasteiger partial charge on any atom is 0.307 e. The van der Waals surface area contributed by atoms with Gasteiger partial charge in [0, 0.05) is 80.2 Å². The first-order chi connectivity index (χ1) is 30.6. The number of nitrogens with zero attached hydrogens (tertiary/aromatic N) is 1. The Labute approximate surface area is 373 Å². The van der Waals surface area contributed by atoms with E-state index >= 15 is 0 Å². The summed E-state index contributed by atoms with van der Waals surface area (Å²) in [7, 11) is 1.42. The SMILES string of the molecule is CO[C@H]1/C=C/O[C@@]2(C)Oc3c(C)c(O)c4c(=O)c(c5oc6cc(OCCNC(C)=O)cc(=O)c6nc5c4c3=C2O)NC(=O)/C(C)=C\C=C\[C@H](C)[C@H](O)[C@@H](C)[C@@H](O)[C@@H](C)[C@H](OC(C)=O)[C@@H]1C. The number of rotatable bonds is 6. The Kier molecular flexibility index (Phi) is 14.0. The number of aliphatic hydroxyl groups excluding tert-OH is 3. The van der Waals surface area contributed by atoms with Crippen molar-refractivity contribution in [3.63, 3.8) is 0 Å². The molecule has 18 nitrogen and oxygen atoms in total. The number of benzene rings is 3. The fourth-order valence-electron chi connectivity index (χ4n) is 8.35. The summed E-state index contributed by atoms with van der Waals surface area (Å²) in [5, 5.41) is 51.3. The van der Waals surface area contributed by atoms with Crippen molar-refractivity contribution in [3.05, 3.63) is 79.5 Å². The minimum atomic E-state index is -2.01. The Morgan fingerprint density at radius 2 is 1.66 bits per heavy atom. The van der Waals surface area contributed by atoms with Gasteiger partial charge in [-0.3, -0.25) is 24.0 Å². The van der Waals surface area contributed by atoms with Gasteiger partial charge in [0.2, 0.25) is 16.8 Å². The van der Waals surface area contributed by atoms with Gasteiger partial charge in [-0.1, -0.05) is 45.9 Å². The van der Waals surface area contributed by atoms with Gasteiger partial charge in [0.05, 0.1) is 41.7 Å². The van der Waals surface area contributed by atoms with Gasteiger partial charge >= 0.3 is 11.8 Å². The number of allylic oxidation sites excluding steroid dienone is 2. The van der Waals surface area contributed by atoms with E-state index < -0.39 is 93.8 Å². The van der Waals surface area contributed by atoms with E-state index in [4.69, 9.17) is 28.1 Å². The van der Waals surface area contributed by atoms with E-state index in [9.17, 15) is 44.4 Å². The quantitative estimate of drug-likeness (QED) is 0.0689. The number of anilines is 1. The number of phenolic OH excluding ortho intramolecular Hbond substituents is 1. The maximum atomic E-state index is 14.7. The lowest BCUT2D eigenvalue weighted by atomic mass is 9.78. The average Bonchev–Trinajstić information content (AvgIpc) is 3.52. The van der Waals surface area contributed by atoms with Crippen molar-refractivity contribution in [1.82, 2.24) is 10.3 Å². The van der Waals surface area contributed by atoms with Crippen LogP contribution in [0, 0.1) is 30.6 Å². The number of hydrogen-bond acceptors (Lipinski definition) is 16. The Balaban J connectivity index is 1.62. The van der Waals surface area contributed by atoms with Crippen molar-refractivity contribution in [2.45, 2.75) is 92.5 Å². The van der Waals surface area contributed by atoms with Gasteiger partial charge in [-0.05, 0) is 19.9 Å². The summed E-state index contributed by atoms with van der Waals surface area (Å²) in [6.45, 7) is 13.9. The molecule has 4 bridgehead atoms. The summed E-state index contributed by atoms with van der Waals surface area (Å²) in [5.74, 6) is -7.46. The summed E-state index contributed by atoms with van der Waals surface area (Å²) in [6.07, 6.45) is 3.32. The molecule has 348 valence electrons. The van der Waals surface area contributed by atoms with Crippen LogP contribution in [0.15, 0.2) is 62.3 Å². The normalized spacial score (nSPS) is 28.3. The molecule has 0 radical (unpaired) electrons. The minimum Gasteiger partial charge on any atom is -0.507 e. The molecule has 2 aliphatic rings. The van der Waals surface area contributed by atoms with Gasteiger partial charge in [-0.25, -0.2) is 4.98 Å². The highest BCUT2D eigenvalue weighted by molar-refractivity contribution is 6.16. The van der Waals surface area contributed by atoms with Crippen LogP contribution in [0.5, 0.6) is 17.2 Å². The molecule has 4 aromatic rings. The Morgan fingerprint density at radius 1 is 0.954 bits per heavy atom. The monoisotopic (exact) mass is 901 g/mol. The van der Waals surface area contributed by atoms with Crippen LogP contribution in [0.2, 0.25) is 0 Å². The lowest BCUT2D eigenvalue weighted by molar-refractivity contribution is -0.160. The molecule has 0 saturated heterocycles. The minimum absolute atomic E-state index is 0.00394. The molecule has 9 atom stereocenters. The highest BCUT2D eigenvalue weighted by Crippen LogP contribution is 2.42. The first kappa shape index (κ1) is 48.0. The largest absolute Gasteiger partial charge is 0.507 e. The van der Waals surface area contributed by atoms with Gasteiger partial charge in [-0.15, -0.1) is 0 Å². The van der Waals surface area contributed by atoms with Crippen LogP contribution in [0.3, 0.4) is 0 Å². The molecule has 3 aromatic carbocycles. The highest BCUT2D eigenvalue weighted by Gasteiger charge is 2.44. The molecule has 18 heteroatoms. The predicted molar refractivity (Wildman–Crippen MR) is 239 cm³/mol. The highest BCUT2D eigenvalue weighted by atomic mass is 16.7. The molecule has 65 heavy (non-hydrogen) atoms. The third kappa shape index (κ3) is 9.23. The van der Waals surface area contributed by atoms with Crippen LogP contribution < -0.4 is 36.2 Å². The van der Waals surface area contributed by atoms with Crippen molar-refractivity contribution < 1.29 is 62.9 Å². The summed E-state index contributed by atoms with van der Waals surface area (Å²) < 4.78 is 35.8. The van der Waals surface area contributed by atoms with Gasteiger partial charge in [0.25, 0.3) is 5.91 Å². The van der Waals surface area contributed by atoms with E-state index in [1.807, 2.05) is 0 Å². The van der Waals surface area contributed by atoms with Crippen molar-refractivity contribution in [1.29, 1.82) is 0 Å². The lowest BCUT2D eigenvalue weighted by Gasteiger charge is -2.38. The standard InChI is InChI=1S/C47H55N3O15/c1-20-12-11-13-21(2)46(59)50-37-41(57)33-32(36-44(37)64-31-19-28(18-29(53)35(31)49-36)61-17-15-48-26(7)51)34-43(25(6)40(33)56)65-47(9,45(34)58)62-16-14-30(60-10)22(3)42(63-27(8)52)24(5)39(55)23(4)38(20)54/h11-14,16,18-20,22-24,30,38-39,42,54-56,58H,15,17H2,1-10H3,(H,48,51)(H,50,59)/b12-11+,16-14+,21-13-/t20-,22+,23+,24+,30-,38-,39+,42+,47-/m0/s1. The number of nitrogens with one attached hydrogen (secondary N) is 2. The molecule has 2 aliphatic heterocycles. The van der Waals surface area contributed by atoms with Crippen LogP contribution >= 0.6 is 0 Å². The fourth-order valence-corrected chi connectivity index (χ4v) is 8.35. The second-order valence-electron chi connectivity index (χ2n) is 16.8. The number of carbonyl (C=O) groups is 3. The maximum absolute atomic E-state index is 14.7. The van der Waals surface area contributed by atoms with E-state index in [1.165, 1.54) is 66.2 Å². The Morgan fingerprint density at radius 3 is 2.32 bits per heavy atom. The zero-order valence-corrected chi connectivity index (χ0v) is 37.8. The number of esters is 1. The number of aromatic nitrogens is 1. The lowest BCUT2D eigenvalue weighted by Crippen LogP contribution is -2.46. The molecule has 0 saturated carbocycles. The molecule has 1 aromatic heterocycles. The van der Waals surface area contributed by atoms with Crippen LogP contribution in [-0.2, 0) is 28.6 Å². The molecule has 0 spiro atoms. The zero-order valence-electron chi connectivity index (χ0n) is 37.8. The molecule has 0 fully saturated rings. The third-order valence-electron chi connectivity index (χ3n) is 12.2. The Bertz CT molecular complexity index is 2830. The van der Waals surface area contributed by atoms with E-state index in [0.29, 0.717) is 0 Å².